The van der Waals surface area contributed by atoms with Gasteiger partial charge in [-0.25, -0.2) is 13.2 Å². The number of rotatable bonds is 5. The fraction of sp³-hybridized carbons (Fsp3) is 0.250. The lowest BCUT2D eigenvalue weighted by Crippen LogP contribution is -2.40. The Morgan fingerprint density at radius 3 is 2.44 bits per heavy atom. The molecular weight excluding hydrogens is 396 g/mol. The van der Waals surface area contributed by atoms with E-state index in [-0.39, 0.29) is 52.4 Å². The lowest BCUT2D eigenvalue weighted by atomic mass is 10.2. The van der Waals surface area contributed by atoms with Gasteiger partial charge in [0.1, 0.15) is 15.0 Å². The predicted octanol–water partition coefficient (Wildman–Crippen LogP) is 1.43. The Kier molecular flexibility index (Phi) is 5.46. The number of sulfonamides is 1. The monoisotopic (exact) mass is 412 g/mol. The third-order valence-electron chi connectivity index (χ3n) is 3.88. The van der Waals surface area contributed by atoms with Gasteiger partial charge in [0, 0.05) is 13.1 Å². The molecule has 2 aromatic rings. The van der Waals surface area contributed by atoms with Crippen LogP contribution in [0.2, 0.25) is 0 Å². The fourth-order valence-corrected chi connectivity index (χ4v) is 5.41. The van der Waals surface area contributed by atoms with Crippen molar-refractivity contribution in [2.24, 2.45) is 0 Å². The van der Waals surface area contributed by atoms with Gasteiger partial charge in [0.25, 0.3) is 15.9 Å². The van der Waals surface area contributed by atoms with Crippen LogP contribution >= 0.6 is 11.3 Å². The van der Waals surface area contributed by atoms with E-state index in [2.05, 4.69) is 5.32 Å². The van der Waals surface area contributed by atoms with Crippen molar-refractivity contribution in [3.05, 3.63) is 41.5 Å². The Morgan fingerprint density at radius 2 is 1.81 bits per heavy atom. The highest BCUT2D eigenvalue weighted by molar-refractivity contribution is 7.91. The maximum Gasteiger partial charge on any atom is 0.338 e. The second-order valence-corrected chi connectivity index (χ2v) is 8.82. The number of hydrogen-bond donors (Lipinski definition) is 3. The van der Waals surface area contributed by atoms with Crippen LogP contribution in [0.15, 0.2) is 34.5 Å². The molecule has 1 fully saturated rings. The van der Waals surface area contributed by atoms with Crippen LogP contribution in [-0.4, -0.2) is 61.1 Å². The molecule has 11 heteroatoms. The van der Waals surface area contributed by atoms with Crippen molar-refractivity contribution in [2.45, 2.75) is 4.21 Å². The molecular formula is C16H16N2O7S2. The summed E-state index contributed by atoms with van der Waals surface area (Å²) in [6.07, 6.45) is 0. The fourth-order valence-electron chi connectivity index (χ4n) is 2.50. The second-order valence-electron chi connectivity index (χ2n) is 5.60. The van der Waals surface area contributed by atoms with Crippen molar-refractivity contribution in [1.29, 1.82) is 0 Å². The summed E-state index contributed by atoms with van der Waals surface area (Å²) in [5, 5.41) is 21.4. The minimum atomic E-state index is -3.90. The summed E-state index contributed by atoms with van der Waals surface area (Å²) >= 11 is 0.652. The molecule has 27 heavy (non-hydrogen) atoms. The average Bonchev–Trinajstić information content (AvgIpc) is 3.07. The van der Waals surface area contributed by atoms with Crippen molar-refractivity contribution < 1.29 is 33.0 Å². The highest BCUT2D eigenvalue weighted by atomic mass is 32.2. The number of morpholine rings is 1. The minimum absolute atomic E-state index is 0.0557. The summed E-state index contributed by atoms with van der Waals surface area (Å²) in [7, 11) is -3.90. The van der Waals surface area contributed by atoms with Crippen LogP contribution in [0.25, 0.3) is 0 Å². The summed E-state index contributed by atoms with van der Waals surface area (Å²) in [5.74, 6) is -2.39. The molecule has 9 nitrogen and oxygen atoms in total. The highest BCUT2D eigenvalue weighted by Gasteiger charge is 2.31. The number of ether oxygens (including phenoxy) is 1. The normalized spacial score (nSPS) is 15.4. The number of carboxylic acid groups (broad SMARTS) is 1. The molecule has 0 aliphatic carbocycles. The van der Waals surface area contributed by atoms with E-state index in [1.54, 1.807) is 0 Å². The number of aromatic carboxylic acids is 1. The van der Waals surface area contributed by atoms with E-state index in [4.69, 9.17) is 4.74 Å². The van der Waals surface area contributed by atoms with Crippen LogP contribution in [0.5, 0.6) is 5.75 Å². The van der Waals surface area contributed by atoms with Gasteiger partial charge in [-0.3, -0.25) is 4.79 Å². The number of benzene rings is 1. The van der Waals surface area contributed by atoms with Crippen molar-refractivity contribution in [3.63, 3.8) is 0 Å². The molecule has 1 aromatic heterocycles. The Balaban J connectivity index is 1.93. The van der Waals surface area contributed by atoms with Gasteiger partial charge in [0.05, 0.1) is 24.3 Å². The number of amides is 1. The number of nitrogens with zero attached hydrogens (tertiary/aromatic N) is 1. The van der Waals surface area contributed by atoms with Crippen LogP contribution in [-0.2, 0) is 14.8 Å². The highest BCUT2D eigenvalue weighted by Crippen LogP contribution is 2.34. The van der Waals surface area contributed by atoms with Crippen LogP contribution in [0.4, 0.5) is 5.00 Å². The van der Waals surface area contributed by atoms with Gasteiger partial charge < -0.3 is 20.3 Å². The zero-order valence-corrected chi connectivity index (χ0v) is 15.5. The van der Waals surface area contributed by atoms with Crippen molar-refractivity contribution >= 4 is 38.2 Å². The van der Waals surface area contributed by atoms with E-state index in [9.17, 15) is 28.2 Å². The Morgan fingerprint density at radius 1 is 1.15 bits per heavy atom. The van der Waals surface area contributed by atoms with Crippen LogP contribution in [0.3, 0.4) is 0 Å². The number of thiophene rings is 1. The molecule has 3 N–H and O–H groups in total. The zero-order chi connectivity index (χ0) is 19.6. The molecule has 144 valence electrons. The predicted molar refractivity (Wildman–Crippen MR) is 96.9 cm³/mol. The van der Waals surface area contributed by atoms with Gasteiger partial charge in [0.2, 0.25) is 0 Å². The van der Waals surface area contributed by atoms with E-state index in [0.29, 0.717) is 11.3 Å². The molecule has 1 aliphatic rings. The molecule has 0 radical (unpaired) electrons. The van der Waals surface area contributed by atoms with E-state index in [1.807, 2.05) is 0 Å². The Labute approximate surface area is 158 Å². The van der Waals surface area contributed by atoms with Gasteiger partial charge in [0.15, 0.2) is 0 Å². The van der Waals surface area contributed by atoms with Crippen LogP contribution in [0.1, 0.15) is 20.7 Å². The van der Waals surface area contributed by atoms with E-state index in [1.165, 1.54) is 28.6 Å². The number of phenolic OH excluding ortho intramolecular Hbond substituents is 1. The Bertz CT molecular complexity index is 978. The van der Waals surface area contributed by atoms with Gasteiger partial charge in [-0.1, -0.05) is 12.1 Å². The molecule has 0 spiro atoms. The zero-order valence-electron chi connectivity index (χ0n) is 13.9. The molecule has 1 aromatic carbocycles. The molecule has 0 bridgehead atoms. The molecule has 1 aliphatic heterocycles. The first-order valence-electron chi connectivity index (χ1n) is 7.85. The second kappa shape index (κ2) is 7.64. The summed E-state index contributed by atoms with van der Waals surface area (Å²) in [4.78, 5) is 23.8. The summed E-state index contributed by atoms with van der Waals surface area (Å²) in [6.45, 7) is 0.852. The van der Waals surface area contributed by atoms with Crippen molar-refractivity contribution in [2.75, 3.05) is 31.6 Å². The van der Waals surface area contributed by atoms with Gasteiger partial charge >= 0.3 is 5.97 Å². The van der Waals surface area contributed by atoms with E-state index in [0.717, 1.165) is 6.07 Å². The number of phenols is 1. The maximum atomic E-state index is 12.7. The summed E-state index contributed by atoms with van der Waals surface area (Å²) in [5.41, 5.74) is -0.393. The third kappa shape index (κ3) is 3.95. The van der Waals surface area contributed by atoms with Gasteiger partial charge in [-0.2, -0.15) is 4.31 Å². The molecule has 0 saturated carbocycles. The van der Waals surface area contributed by atoms with Crippen molar-refractivity contribution in [3.8, 4) is 5.75 Å². The largest absolute Gasteiger partial charge is 0.507 e. The number of hydrogen-bond acceptors (Lipinski definition) is 7. The van der Waals surface area contributed by atoms with Gasteiger partial charge in [-0.15, -0.1) is 11.3 Å². The summed E-state index contributed by atoms with van der Waals surface area (Å²) in [6, 6.07) is 6.78. The first-order valence-corrected chi connectivity index (χ1v) is 10.1. The third-order valence-corrected chi connectivity index (χ3v) is 7.28. The standard InChI is InChI=1S/C16H16N2O7S2/c19-12-4-2-1-3-10(12)14(20)17-15-11(16(21)22)9-13(26-15)27(23,24)18-5-7-25-8-6-18/h1-4,9,19H,5-8H2,(H,17,20)(H,21,22). The molecule has 1 amide bonds. The molecule has 1 saturated heterocycles. The van der Waals surface area contributed by atoms with Crippen molar-refractivity contribution in [1.82, 2.24) is 4.31 Å². The topological polar surface area (TPSA) is 133 Å². The number of carboxylic acids is 1. The average molecular weight is 412 g/mol. The maximum absolute atomic E-state index is 12.7. The number of anilines is 1. The number of carbonyl (C=O) groups excluding carboxylic acids is 1. The van der Waals surface area contributed by atoms with Crippen LogP contribution < -0.4 is 5.32 Å². The van der Waals surface area contributed by atoms with E-state index < -0.39 is 21.9 Å². The lowest BCUT2D eigenvalue weighted by molar-refractivity contribution is 0.0698. The lowest BCUT2D eigenvalue weighted by Gasteiger charge is -2.25. The Hall–Kier alpha value is -2.47. The number of nitrogens with one attached hydrogen (secondary N) is 1. The quantitative estimate of drug-likeness (QED) is 0.676. The smallest absolute Gasteiger partial charge is 0.338 e. The summed E-state index contributed by atoms with van der Waals surface area (Å²) < 4.78 is 31.6. The molecule has 3 rings (SSSR count). The molecule has 0 unspecified atom stereocenters. The van der Waals surface area contributed by atoms with Crippen LogP contribution in [0, 0.1) is 0 Å². The SMILES string of the molecule is O=C(Nc1sc(S(=O)(=O)N2CCOCC2)cc1C(=O)O)c1ccccc1O. The number of para-hydroxylation sites is 1. The first-order chi connectivity index (χ1) is 12.8. The first kappa shape index (κ1) is 19.3. The van der Waals surface area contributed by atoms with Gasteiger partial charge in [-0.05, 0) is 18.2 Å². The molecule has 0 atom stereocenters. The van der Waals surface area contributed by atoms with E-state index >= 15 is 0 Å². The minimum Gasteiger partial charge on any atom is -0.507 e. The molecule has 2 heterocycles. The number of carbonyl (C=O) groups is 2. The number of aromatic hydroxyl groups is 1.